The lowest BCUT2D eigenvalue weighted by Crippen LogP contribution is -2.42. The maximum atomic E-state index is 5.02. The van der Waals surface area contributed by atoms with Gasteiger partial charge in [-0.05, 0) is 0 Å². The second-order valence-electron chi connectivity index (χ2n) is 1.89. The quantitative estimate of drug-likeness (QED) is 0.450. The molecule has 3 heteroatoms. The Morgan fingerprint density at radius 1 is 1.56 bits per heavy atom. The Morgan fingerprint density at radius 2 is 2.56 bits per heavy atom. The van der Waals surface area contributed by atoms with Gasteiger partial charge in [-0.1, -0.05) is 4.68 Å². The Kier molecular flexibility index (Phi) is 0.828. The van der Waals surface area contributed by atoms with Crippen LogP contribution >= 0.6 is 0 Å². The van der Waals surface area contributed by atoms with Gasteiger partial charge in [0.05, 0.1) is 6.20 Å². The lowest BCUT2D eigenvalue weighted by Gasteiger charge is -2.01. The first kappa shape index (κ1) is 4.61. The lowest BCUT2D eigenvalue weighted by molar-refractivity contribution is -0.795. The number of nitrogens with zero attached hydrogens (tertiary/aromatic N) is 2. The fraction of sp³-hybridized carbons (Fsp3) is 0.167. The van der Waals surface area contributed by atoms with E-state index in [1.807, 2.05) is 34.0 Å². The number of hydrogen-bond donors (Lipinski definition) is 0. The van der Waals surface area contributed by atoms with E-state index >= 15 is 0 Å². The molecule has 1 aliphatic rings. The zero-order chi connectivity index (χ0) is 6.10. The molecule has 0 spiro atoms. The molecule has 2 rings (SSSR count). The van der Waals surface area contributed by atoms with E-state index in [-0.39, 0.29) is 0 Å². The Hall–Kier alpha value is -1.25. The molecule has 0 bridgehead atoms. The Bertz CT molecular complexity index is 239. The van der Waals surface area contributed by atoms with E-state index in [4.69, 9.17) is 4.74 Å². The fourth-order valence-electron chi connectivity index (χ4n) is 0.858. The van der Waals surface area contributed by atoms with E-state index in [0.717, 1.165) is 0 Å². The van der Waals surface area contributed by atoms with Crippen LogP contribution in [0.15, 0.2) is 24.7 Å². The van der Waals surface area contributed by atoms with Crippen LogP contribution in [0.1, 0.15) is 0 Å². The first-order valence-corrected chi connectivity index (χ1v) is 2.82. The van der Waals surface area contributed by atoms with Gasteiger partial charge in [0.25, 0.3) is 0 Å². The van der Waals surface area contributed by atoms with E-state index in [2.05, 4.69) is 0 Å². The van der Waals surface area contributed by atoms with Crippen LogP contribution < -0.4 is 4.68 Å². The van der Waals surface area contributed by atoms with Gasteiger partial charge in [0.1, 0.15) is 12.5 Å². The maximum absolute atomic E-state index is 5.02. The number of rotatable bonds is 0. The zero-order valence-electron chi connectivity index (χ0n) is 4.90. The summed E-state index contributed by atoms with van der Waals surface area (Å²) in [7, 11) is 0. The van der Waals surface area contributed by atoms with E-state index in [1.54, 1.807) is 6.26 Å². The monoisotopic (exact) mass is 123 g/mol. The molecular formula is C6H7N2O+. The summed E-state index contributed by atoms with van der Waals surface area (Å²) in [6.07, 6.45) is 7.48. The van der Waals surface area contributed by atoms with Crippen molar-refractivity contribution in [1.82, 2.24) is 4.68 Å². The van der Waals surface area contributed by atoms with Gasteiger partial charge in [0, 0.05) is 6.07 Å². The third kappa shape index (κ3) is 0.614. The van der Waals surface area contributed by atoms with Crippen molar-refractivity contribution < 1.29 is 9.42 Å². The van der Waals surface area contributed by atoms with Crippen LogP contribution in [-0.2, 0) is 11.5 Å². The second-order valence-corrected chi connectivity index (χ2v) is 1.89. The molecule has 1 aromatic rings. The van der Waals surface area contributed by atoms with Crippen LogP contribution in [0.5, 0.6) is 0 Å². The minimum atomic E-state index is 0.615. The van der Waals surface area contributed by atoms with Crippen LogP contribution in [0, 0.1) is 0 Å². The number of aromatic nitrogens is 2. The van der Waals surface area contributed by atoms with E-state index in [1.165, 1.54) is 0 Å². The molecule has 0 N–H and O–H groups in total. The van der Waals surface area contributed by atoms with Crippen molar-refractivity contribution in [3.63, 3.8) is 0 Å². The molecule has 2 heterocycles. The van der Waals surface area contributed by atoms with Gasteiger partial charge in [-0.3, -0.25) is 0 Å². The summed E-state index contributed by atoms with van der Waals surface area (Å²) in [4.78, 5) is 0. The molecule has 9 heavy (non-hydrogen) atoms. The summed E-state index contributed by atoms with van der Waals surface area (Å²) in [5.41, 5.74) is 0. The van der Waals surface area contributed by atoms with Gasteiger partial charge in [-0.15, -0.1) is 4.68 Å². The van der Waals surface area contributed by atoms with Crippen molar-refractivity contribution in [3.05, 3.63) is 24.7 Å². The molecule has 0 saturated heterocycles. The second kappa shape index (κ2) is 1.62. The molecule has 0 atom stereocenters. The van der Waals surface area contributed by atoms with Gasteiger partial charge in [-0.2, -0.15) is 0 Å². The van der Waals surface area contributed by atoms with Crippen LogP contribution in [0.2, 0.25) is 0 Å². The highest BCUT2D eigenvalue weighted by Crippen LogP contribution is 1.91. The highest BCUT2D eigenvalue weighted by atomic mass is 16.5. The molecular weight excluding hydrogens is 116 g/mol. The van der Waals surface area contributed by atoms with Crippen molar-refractivity contribution in [2.24, 2.45) is 0 Å². The third-order valence-corrected chi connectivity index (χ3v) is 1.31. The minimum Gasteiger partial charge on any atom is -0.440 e. The molecule has 0 amide bonds. The summed E-state index contributed by atoms with van der Waals surface area (Å²) in [5.74, 6) is 0. The van der Waals surface area contributed by atoms with Crippen LogP contribution in [-0.4, -0.2) is 4.68 Å². The topological polar surface area (TPSA) is 18.0 Å². The maximum Gasteiger partial charge on any atom is 0.314 e. The standard InChI is InChI=1S/C6H7N2O/c1-2-7-4-5-9-6-8(7)3-1/h1-5H,6H2/q+1. The molecule has 0 radical (unpaired) electrons. The molecule has 1 aliphatic heterocycles. The summed E-state index contributed by atoms with van der Waals surface area (Å²) in [6, 6.07) is 1.97. The summed E-state index contributed by atoms with van der Waals surface area (Å²) in [6.45, 7) is 0.615. The molecule has 1 aromatic heterocycles. The first-order valence-electron chi connectivity index (χ1n) is 2.82. The van der Waals surface area contributed by atoms with Crippen LogP contribution in [0.3, 0.4) is 0 Å². The molecule has 0 aromatic carbocycles. The Labute approximate surface area is 52.8 Å². The van der Waals surface area contributed by atoms with Gasteiger partial charge >= 0.3 is 6.73 Å². The Morgan fingerprint density at radius 3 is 3.44 bits per heavy atom. The molecule has 46 valence electrons. The number of fused-ring (bicyclic) bond motifs is 1. The summed E-state index contributed by atoms with van der Waals surface area (Å²) >= 11 is 0. The lowest BCUT2D eigenvalue weighted by atomic mass is 10.7. The van der Waals surface area contributed by atoms with Crippen molar-refractivity contribution in [1.29, 1.82) is 0 Å². The molecule has 0 aliphatic carbocycles. The summed E-state index contributed by atoms with van der Waals surface area (Å²) in [5, 5.41) is 0. The average molecular weight is 123 g/mol. The first-order chi connectivity index (χ1) is 4.47. The summed E-state index contributed by atoms with van der Waals surface area (Å²) < 4.78 is 8.94. The van der Waals surface area contributed by atoms with E-state index < -0.39 is 0 Å². The normalized spacial score (nSPS) is 14.7. The molecule has 0 unspecified atom stereocenters. The smallest absolute Gasteiger partial charge is 0.314 e. The predicted molar refractivity (Wildman–Crippen MR) is 31.0 cm³/mol. The fourth-order valence-corrected chi connectivity index (χ4v) is 0.858. The minimum absolute atomic E-state index is 0.615. The van der Waals surface area contributed by atoms with Crippen molar-refractivity contribution in [2.45, 2.75) is 6.73 Å². The van der Waals surface area contributed by atoms with Gasteiger partial charge < -0.3 is 4.74 Å². The Balaban J connectivity index is 2.53. The number of ether oxygens (including phenoxy) is 1. The van der Waals surface area contributed by atoms with Crippen LogP contribution in [0.4, 0.5) is 0 Å². The molecule has 3 nitrogen and oxygen atoms in total. The highest BCUT2D eigenvalue weighted by Gasteiger charge is 2.07. The zero-order valence-corrected chi connectivity index (χ0v) is 4.90. The third-order valence-electron chi connectivity index (χ3n) is 1.31. The van der Waals surface area contributed by atoms with Gasteiger partial charge in [0.15, 0.2) is 6.20 Å². The number of hydrogen-bond acceptors (Lipinski definition) is 1. The van der Waals surface area contributed by atoms with Gasteiger partial charge in [-0.25, -0.2) is 0 Å². The predicted octanol–water partition coefficient (Wildman–Crippen LogP) is 0.192. The van der Waals surface area contributed by atoms with Crippen LogP contribution in [0.25, 0.3) is 6.20 Å². The average Bonchev–Trinajstić information content (AvgIpc) is 2.33. The van der Waals surface area contributed by atoms with E-state index in [0.29, 0.717) is 6.73 Å². The van der Waals surface area contributed by atoms with Crippen molar-refractivity contribution >= 4 is 6.20 Å². The van der Waals surface area contributed by atoms with E-state index in [9.17, 15) is 0 Å². The van der Waals surface area contributed by atoms with Crippen molar-refractivity contribution in [2.75, 3.05) is 0 Å². The molecule has 0 saturated carbocycles. The van der Waals surface area contributed by atoms with Gasteiger partial charge in [0.2, 0.25) is 0 Å². The highest BCUT2D eigenvalue weighted by molar-refractivity contribution is 5.14. The molecule has 0 fully saturated rings. The van der Waals surface area contributed by atoms with Crippen molar-refractivity contribution in [3.8, 4) is 0 Å². The SMILES string of the molecule is C1=Cn2ccc[n+]2CO1. The largest absolute Gasteiger partial charge is 0.440 e.